The van der Waals surface area contributed by atoms with Gasteiger partial charge in [0.05, 0.1) is 12.3 Å². The van der Waals surface area contributed by atoms with Crippen molar-refractivity contribution in [3.05, 3.63) is 10.6 Å². The fraction of sp³-hybridized carbons (Fsp3) is 0.812. The Labute approximate surface area is 132 Å². The molecule has 21 heavy (non-hydrogen) atoms. The van der Waals surface area contributed by atoms with Crippen LogP contribution in [0.1, 0.15) is 44.2 Å². The first kappa shape index (κ1) is 16.7. The molecule has 0 bridgehead atoms. The standard InChI is InChI=1S/C16H29N3OS/c1-5-14-15(10-17-8-9-20-4)21-16(18-14)19-11-12(2)6-7-13(19)3/h12-13,17H,5-11H2,1-4H3. The molecule has 1 fully saturated rings. The molecule has 0 saturated carbocycles. The first-order valence-corrected chi connectivity index (χ1v) is 8.92. The van der Waals surface area contributed by atoms with Crippen molar-refractivity contribution in [2.75, 3.05) is 31.7 Å². The Hall–Kier alpha value is -0.650. The van der Waals surface area contributed by atoms with Crippen LogP contribution in [0.3, 0.4) is 0 Å². The van der Waals surface area contributed by atoms with Crippen molar-refractivity contribution in [2.45, 2.75) is 52.6 Å². The third kappa shape index (κ3) is 4.41. The largest absolute Gasteiger partial charge is 0.383 e. The number of thiazole rings is 1. The molecule has 1 saturated heterocycles. The third-order valence-corrected chi connectivity index (χ3v) is 5.37. The second-order valence-electron chi connectivity index (χ2n) is 6.07. The van der Waals surface area contributed by atoms with Crippen LogP contribution < -0.4 is 10.2 Å². The Morgan fingerprint density at radius 2 is 2.19 bits per heavy atom. The highest BCUT2D eigenvalue weighted by Crippen LogP contribution is 2.32. The monoisotopic (exact) mass is 311 g/mol. The second kappa shape index (κ2) is 8.11. The molecule has 1 aromatic rings. The predicted octanol–water partition coefficient (Wildman–Crippen LogP) is 3.07. The van der Waals surface area contributed by atoms with E-state index in [4.69, 9.17) is 9.72 Å². The number of hydrogen-bond donors (Lipinski definition) is 1. The summed E-state index contributed by atoms with van der Waals surface area (Å²) in [5.74, 6) is 0.776. The Morgan fingerprint density at radius 1 is 1.38 bits per heavy atom. The van der Waals surface area contributed by atoms with Crippen LogP contribution in [0.5, 0.6) is 0 Å². The molecule has 2 heterocycles. The molecular formula is C16H29N3OS. The van der Waals surface area contributed by atoms with E-state index in [1.807, 2.05) is 11.3 Å². The number of rotatable bonds is 7. The lowest BCUT2D eigenvalue weighted by molar-refractivity contribution is 0.199. The molecule has 4 nitrogen and oxygen atoms in total. The van der Waals surface area contributed by atoms with Crippen molar-refractivity contribution in [3.8, 4) is 0 Å². The lowest BCUT2D eigenvalue weighted by Crippen LogP contribution is -2.41. The Bertz CT molecular complexity index is 435. The van der Waals surface area contributed by atoms with Crippen molar-refractivity contribution in [2.24, 2.45) is 5.92 Å². The van der Waals surface area contributed by atoms with Gasteiger partial charge in [0.1, 0.15) is 0 Å². The van der Waals surface area contributed by atoms with Crippen LogP contribution in [-0.2, 0) is 17.7 Å². The molecule has 5 heteroatoms. The molecular weight excluding hydrogens is 282 g/mol. The Morgan fingerprint density at radius 3 is 2.90 bits per heavy atom. The van der Waals surface area contributed by atoms with Gasteiger partial charge >= 0.3 is 0 Å². The number of hydrogen-bond acceptors (Lipinski definition) is 5. The van der Waals surface area contributed by atoms with Crippen LogP contribution in [-0.4, -0.2) is 37.8 Å². The summed E-state index contributed by atoms with van der Waals surface area (Å²) >= 11 is 1.87. The maximum atomic E-state index is 5.08. The molecule has 1 N–H and O–H groups in total. The number of anilines is 1. The Kier molecular flexibility index (Phi) is 6.45. The van der Waals surface area contributed by atoms with Gasteiger partial charge < -0.3 is 15.0 Å². The predicted molar refractivity (Wildman–Crippen MR) is 90.3 cm³/mol. The zero-order chi connectivity index (χ0) is 15.2. The minimum atomic E-state index is 0.617. The lowest BCUT2D eigenvalue weighted by Gasteiger charge is -2.36. The van der Waals surface area contributed by atoms with E-state index in [2.05, 4.69) is 31.0 Å². The van der Waals surface area contributed by atoms with Gasteiger partial charge in [-0.2, -0.15) is 0 Å². The molecule has 0 aliphatic carbocycles. The van der Waals surface area contributed by atoms with Crippen LogP contribution in [0.4, 0.5) is 5.13 Å². The summed E-state index contributed by atoms with van der Waals surface area (Å²) in [7, 11) is 1.74. The topological polar surface area (TPSA) is 37.4 Å². The smallest absolute Gasteiger partial charge is 0.186 e. The van der Waals surface area contributed by atoms with E-state index >= 15 is 0 Å². The van der Waals surface area contributed by atoms with E-state index in [0.717, 1.165) is 38.6 Å². The van der Waals surface area contributed by atoms with Crippen LogP contribution in [0, 0.1) is 5.92 Å². The van der Waals surface area contributed by atoms with Crippen molar-refractivity contribution in [1.29, 1.82) is 0 Å². The molecule has 0 radical (unpaired) electrons. The minimum Gasteiger partial charge on any atom is -0.383 e. The molecule has 0 aromatic carbocycles. The van der Waals surface area contributed by atoms with Crippen molar-refractivity contribution < 1.29 is 4.74 Å². The van der Waals surface area contributed by atoms with E-state index in [1.165, 1.54) is 28.5 Å². The molecule has 120 valence electrons. The molecule has 2 rings (SSSR count). The molecule has 2 unspecified atom stereocenters. The van der Waals surface area contributed by atoms with Gasteiger partial charge in [-0.15, -0.1) is 11.3 Å². The first-order valence-electron chi connectivity index (χ1n) is 8.10. The zero-order valence-corrected chi connectivity index (χ0v) is 14.6. The highest BCUT2D eigenvalue weighted by atomic mass is 32.1. The van der Waals surface area contributed by atoms with Crippen LogP contribution in [0.15, 0.2) is 0 Å². The molecule has 1 aliphatic rings. The van der Waals surface area contributed by atoms with Gasteiger partial charge in [-0.1, -0.05) is 13.8 Å². The number of aromatic nitrogens is 1. The van der Waals surface area contributed by atoms with E-state index in [0.29, 0.717) is 6.04 Å². The minimum absolute atomic E-state index is 0.617. The van der Waals surface area contributed by atoms with Gasteiger partial charge in [0, 0.05) is 37.7 Å². The Balaban J connectivity index is 2.04. The quantitative estimate of drug-likeness (QED) is 0.785. The number of piperidine rings is 1. The summed E-state index contributed by atoms with van der Waals surface area (Å²) in [6, 6.07) is 0.617. The average molecular weight is 311 g/mol. The molecule has 2 atom stereocenters. The summed E-state index contributed by atoms with van der Waals surface area (Å²) in [4.78, 5) is 8.80. The summed E-state index contributed by atoms with van der Waals surface area (Å²) in [6.45, 7) is 10.6. The second-order valence-corrected chi connectivity index (χ2v) is 7.14. The third-order valence-electron chi connectivity index (χ3n) is 4.23. The maximum Gasteiger partial charge on any atom is 0.186 e. The average Bonchev–Trinajstić information content (AvgIpc) is 2.89. The summed E-state index contributed by atoms with van der Waals surface area (Å²) in [5, 5.41) is 4.66. The van der Waals surface area contributed by atoms with Crippen molar-refractivity contribution >= 4 is 16.5 Å². The highest BCUT2D eigenvalue weighted by Gasteiger charge is 2.26. The van der Waals surface area contributed by atoms with E-state index < -0.39 is 0 Å². The highest BCUT2D eigenvalue weighted by molar-refractivity contribution is 7.15. The van der Waals surface area contributed by atoms with Crippen LogP contribution >= 0.6 is 11.3 Å². The summed E-state index contributed by atoms with van der Waals surface area (Å²) in [5.41, 5.74) is 1.25. The SMILES string of the molecule is CCc1nc(N2CC(C)CCC2C)sc1CNCCOC. The number of nitrogens with zero attached hydrogens (tertiary/aromatic N) is 2. The van der Waals surface area contributed by atoms with Crippen molar-refractivity contribution in [3.63, 3.8) is 0 Å². The number of ether oxygens (including phenoxy) is 1. The van der Waals surface area contributed by atoms with Gasteiger partial charge in [-0.05, 0) is 32.1 Å². The summed E-state index contributed by atoms with van der Waals surface area (Å²) in [6.07, 6.45) is 3.63. The zero-order valence-electron chi connectivity index (χ0n) is 13.8. The van der Waals surface area contributed by atoms with Gasteiger partial charge in [-0.3, -0.25) is 0 Å². The number of methoxy groups -OCH3 is 1. The number of aryl methyl sites for hydroxylation is 1. The van der Waals surface area contributed by atoms with Crippen molar-refractivity contribution in [1.82, 2.24) is 10.3 Å². The van der Waals surface area contributed by atoms with Gasteiger partial charge in [0.25, 0.3) is 0 Å². The number of nitrogens with one attached hydrogen (secondary N) is 1. The first-order chi connectivity index (χ1) is 10.2. The normalized spacial score (nSPS) is 22.8. The molecule has 0 amide bonds. The van der Waals surface area contributed by atoms with Gasteiger partial charge in [0.2, 0.25) is 0 Å². The van der Waals surface area contributed by atoms with E-state index in [9.17, 15) is 0 Å². The van der Waals surface area contributed by atoms with Gasteiger partial charge in [-0.25, -0.2) is 4.98 Å². The molecule has 1 aliphatic heterocycles. The molecule has 0 spiro atoms. The van der Waals surface area contributed by atoms with Crippen LogP contribution in [0.25, 0.3) is 0 Å². The fourth-order valence-corrected chi connectivity index (χ4v) is 4.07. The van der Waals surface area contributed by atoms with E-state index in [1.54, 1.807) is 7.11 Å². The maximum absolute atomic E-state index is 5.08. The summed E-state index contributed by atoms with van der Waals surface area (Å²) < 4.78 is 5.08. The fourth-order valence-electron chi connectivity index (χ4n) is 2.84. The van der Waals surface area contributed by atoms with Gasteiger partial charge in [0.15, 0.2) is 5.13 Å². The molecule has 1 aromatic heterocycles. The lowest BCUT2D eigenvalue weighted by atomic mass is 9.96. The van der Waals surface area contributed by atoms with E-state index in [-0.39, 0.29) is 0 Å². The van der Waals surface area contributed by atoms with Crippen LogP contribution in [0.2, 0.25) is 0 Å².